The second-order valence-corrected chi connectivity index (χ2v) is 9.04. The minimum atomic E-state index is -4.59. The molecule has 0 amide bonds. The number of aliphatic hydroxyl groups is 1. The van der Waals surface area contributed by atoms with Gasteiger partial charge in [-0.1, -0.05) is 6.07 Å². The number of carboxylic acid groups (broad SMARTS) is 1. The number of alkyl halides is 3. The van der Waals surface area contributed by atoms with Gasteiger partial charge in [-0.05, 0) is 57.0 Å². The number of hydrogen-bond donors (Lipinski definition) is 3. The molecule has 2 aromatic heterocycles. The Bertz CT molecular complexity index is 1160. The van der Waals surface area contributed by atoms with Gasteiger partial charge in [0.2, 0.25) is 5.95 Å². The average Bonchev–Trinajstić information content (AvgIpc) is 3.18. The summed E-state index contributed by atoms with van der Waals surface area (Å²) in [5, 5.41) is 23.4. The number of halogens is 3. The van der Waals surface area contributed by atoms with Crippen LogP contribution in [0.5, 0.6) is 0 Å². The zero-order valence-electron chi connectivity index (χ0n) is 17.7. The van der Waals surface area contributed by atoms with E-state index in [1.54, 1.807) is 12.1 Å². The molecule has 3 N–H and O–H groups in total. The van der Waals surface area contributed by atoms with E-state index in [2.05, 4.69) is 20.3 Å². The number of carboxylic acids is 1. The topological polar surface area (TPSA) is 108 Å². The van der Waals surface area contributed by atoms with Gasteiger partial charge < -0.3 is 15.5 Å². The standard InChI is InChI=1S/C21H21F3N4O3S/c1-11-7-12(14-10-26-16(32-14)20(4,31)19(2,3)17(29)30)9-13(8-11)27-18-25-6-5-15(28-18)21(22,23)24/h5-10,31H,1-4H3,(H,29,30)(H,25,27,28). The Balaban J connectivity index is 1.93. The molecule has 2 heterocycles. The fourth-order valence-electron chi connectivity index (χ4n) is 2.81. The number of aliphatic carboxylic acids is 1. The van der Waals surface area contributed by atoms with Crippen molar-refractivity contribution in [1.29, 1.82) is 0 Å². The van der Waals surface area contributed by atoms with Gasteiger partial charge in [-0.3, -0.25) is 4.79 Å². The summed E-state index contributed by atoms with van der Waals surface area (Å²) in [6, 6.07) is 6.03. The Morgan fingerprint density at radius 2 is 1.81 bits per heavy atom. The maximum absolute atomic E-state index is 12.9. The highest BCUT2D eigenvalue weighted by Gasteiger charge is 2.48. The molecule has 3 aromatic rings. The van der Waals surface area contributed by atoms with Crippen molar-refractivity contribution >= 4 is 28.9 Å². The van der Waals surface area contributed by atoms with Crippen LogP contribution in [0.2, 0.25) is 0 Å². The van der Waals surface area contributed by atoms with E-state index in [9.17, 15) is 28.2 Å². The van der Waals surface area contributed by atoms with Gasteiger partial charge in [0.1, 0.15) is 16.3 Å². The molecule has 170 valence electrons. The summed E-state index contributed by atoms with van der Waals surface area (Å²) >= 11 is 1.13. The van der Waals surface area contributed by atoms with Gasteiger partial charge in [-0.25, -0.2) is 15.0 Å². The van der Waals surface area contributed by atoms with Crippen LogP contribution in [0.3, 0.4) is 0 Å². The van der Waals surface area contributed by atoms with Crippen LogP contribution >= 0.6 is 11.3 Å². The van der Waals surface area contributed by atoms with Crippen LogP contribution in [-0.2, 0) is 16.6 Å². The van der Waals surface area contributed by atoms with Crippen LogP contribution < -0.4 is 5.32 Å². The third-order valence-corrected chi connectivity index (χ3v) is 6.50. The molecule has 7 nitrogen and oxygen atoms in total. The first-order valence-electron chi connectivity index (χ1n) is 9.43. The van der Waals surface area contributed by atoms with E-state index in [4.69, 9.17) is 0 Å². The van der Waals surface area contributed by atoms with E-state index in [0.29, 0.717) is 16.1 Å². The number of rotatable bonds is 6. The first-order chi connectivity index (χ1) is 14.7. The van der Waals surface area contributed by atoms with Gasteiger partial charge in [0.05, 0.1) is 10.3 Å². The number of nitrogens with zero attached hydrogens (tertiary/aromatic N) is 3. The quantitative estimate of drug-likeness (QED) is 0.470. The number of hydrogen-bond acceptors (Lipinski definition) is 7. The highest BCUT2D eigenvalue weighted by Crippen LogP contribution is 2.43. The summed E-state index contributed by atoms with van der Waals surface area (Å²) in [6.07, 6.45) is -2.04. The number of thiazole rings is 1. The molecule has 0 bridgehead atoms. The highest BCUT2D eigenvalue weighted by atomic mass is 32.1. The van der Waals surface area contributed by atoms with E-state index in [-0.39, 0.29) is 11.0 Å². The van der Waals surface area contributed by atoms with Crippen molar-refractivity contribution in [3.8, 4) is 10.4 Å². The maximum Gasteiger partial charge on any atom is 0.433 e. The molecular formula is C21H21F3N4O3S. The first-order valence-corrected chi connectivity index (χ1v) is 10.2. The molecule has 11 heteroatoms. The van der Waals surface area contributed by atoms with Crippen LogP contribution in [0.4, 0.5) is 24.8 Å². The van der Waals surface area contributed by atoms with E-state index in [1.807, 2.05) is 13.0 Å². The monoisotopic (exact) mass is 466 g/mol. The molecule has 1 atom stereocenters. The van der Waals surface area contributed by atoms with E-state index < -0.39 is 28.9 Å². The normalized spacial score (nSPS) is 14.1. The molecule has 0 saturated heterocycles. The third-order valence-electron chi connectivity index (χ3n) is 5.24. The van der Waals surface area contributed by atoms with Crippen molar-refractivity contribution in [2.45, 2.75) is 39.5 Å². The van der Waals surface area contributed by atoms with Gasteiger partial charge in [-0.2, -0.15) is 13.2 Å². The lowest BCUT2D eigenvalue weighted by Gasteiger charge is -2.34. The van der Waals surface area contributed by atoms with Crippen LogP contribution in [0.1, 0.15) is 37.0 Å². The molecular weight excluding hydrogens is 445 g/mol. The Hall–Kier alpha value is -3.05. The summed E-state index contributed by atoms with van der Waals surface area (Å²) in [6.45, 7) is 6.05. The van der Waals surface area contributed by atoms with Crippen molar-refractivity contribution in [2.75, 3.05) is 5.32 Å². The number of carbonyl (C=O) groups is 1. The molecule has 0 aliphatic heterocycles. The Kier molecular flexibility index (Phi) is 6.00. The fraction of sp³-hybridized carbons (Fsp3) is 0.333. The zero-order chi connectivity index (χ0) is 23.9. The number of nitrogens with one attached hydrogen (secondary N) is 1. The summed E-state index contributed by atoms with van der Waals surface area (Å²) in [5.41, 5.74) is -2.30. The minimum Gasteiger partial charge on any atom is -0.481 e. The highest BCUT2D eigenvalue weighted by molar-refractivity contribution is 7.15. The number of benzene rings is 1. The van der Waals surface area contributed by atoms with Crippen molar-refractivity contribution in [3.63, 3.8) is 0 Å². The van der Waals surface area contributed by atoms with Crippen molar-refractivity contribution in [2.24, 2.45) is 5.41 Å². The van der Waals surface area contributed by atoms with Crippen LogP contribution in [-0.4, -0.2) is 31.1 Å². The van der Waals surface area contributed by atoms with E-state index in [1.165, 1.54) is 27.0 Å². The van der Waals surface area contributed by atoms with Gasteiger partial charge >= 0.3 is 12.1 Å². The SMILES string of the molecule is Cc1cc(Nc2nccc(C(F)(F)F)n2)cc(-c2cnc(C(C)(O)C(C)(C)C(=O)O)s2)c1. The molecule has 0 fully saturated rings. The second-order valence-electron chi connectivity index (χ2n) is 8.01. The zero-order valence-corrected chi connectivity index (χ0v) is 18.5. The van der Waals surface area contributed by atoms with Crippen LogP contribution in [0.25, 0.3) is 10.4 Å². The largest absolute Gasteiger partial charge is 0.481 e. The summed E-state index contributed by atoms with van der Waals surface area (Å²) in [5.74, 6) is -1.37. The van der Waals surface area contributed by atoms with Crippen molar-refractivity contribution in [1.82, 2.24) is 15.0 Å². The van der Waals surface area contributed by atoms with Crippen LogP contribution in [0.15, 0.2) is 36.7 Å². The molecule has 1 aromatic carbocycles. The van der Waals surface area contributed by atoms with Gasteiger partial charge in [0.25, 0.3) is 0 Å². The first kappa shape index (κ1) is 23.6. The maximum atomic E-state index is 12.9. The van der Waals surface area contributed by atoms with Gasteiger partial charge in [0, 0.05) is 18.1 Å². The molecule has 3 rings (SSSR count). The Morgan fingerprint density at radius 3 is 2.44 bits per heavy atom. The van der Waals surface area contributed by atoms with Gasteiger partial charge in [-0.15, -0.1) is 11.3 Å². The summed E-state index contributed by atoms with van der Waals surface area (Å²) in [7, 11) is 0. The molecule has 0 aliphatic rings. The fourth-order valence-corrected chi connectivity index (χ4v) is 3.92. The number of aromatic nitrogens is 3. The van der Waals surface area contributed by atoms with Crippen molar-refractivity contribution in [3.05, 3.63) is 52.9 Å². The molecule has 0 radical (unpaired) electrons. The minimum absolute atomic E-state index is 0.201. The lowest BCUT2D eigenvalue weighted by Crippen LogP contribution is -2.44. The Morgan fingerprint density at radius 1 is 1.12 bits per heavy atom. The van der Waals surface area contributed by atoms with Gasteiger partial charge in [0.15, 0.2) is 0 Å². The number of aryl methyl sites for hydroxylation is 1. The van der Waals surface area contributed by atoms with Crippen LogP contribution in [0, 0.1) is 12.3 Å². The van der Waals surface area contributed by atoms with E-state index >= 15 is 0 Å². The smallest absolute Gasteiger partial charge is 0.433 e. The molecule has 0 spiro atoms. The predicted molar refractivity (Wildman–Crippen MR) is 114 cm³/mol. The predicted octanol–water partition coefficient (Wildman–Crippen LogP) is 4.99. The average molecular weight is 466 g/mol. The van der Waals surface area contributed by atoms with Crippen molar-refractivity contribution < 1.29 is 28.2 Å². The summed E-state index contributed by atoms with van der Waals surface area (Å²) < 4.78 is 38.7. The molecule has 1 unspecified atom stereocenters. The summed E-state index contributed by atoms with van der Waals surface area (Å²) in [4.78, 5) is 23.8. The number of anilines is 2. The third kappa shape index (κ3) is 4.58. The molecule has 0 saturated carbocycles. The molecule has 0 aliphatic carbocycles. The molecule has 32 heavy (non-hydrogen) atoms. The lowest BCUT2D eigenvalue weighted by molar-refractivity contribution is -0.164. The lowest BCUT2D eigenvalue weighted by atomic mass is 9.76. The Labute approximate surface area is 186 Å². The second kappa shape index (κ2) is 8.14. The van der Waals surface area contributed by atoms with E-state index in [0.717, 1.165) is 29.2 Å².